The number of rotatable bonds is 7. The first-order valence-electron chi connectivity index (χ1n) is 12.2. The fourth-order valence-corrected chi connectivity index (χ4v) is 4.44. The number of anilines is 1. The molecular formula is C28H23N5O5. The largest absolute Gasteiger partial charge is 0.488 e. The Morgan fingerprint density at radius 3 is 2.82 bits per heavy atom. The van der Waals surface area contributed by atoms with E-state index in [2.05, 4.69) is 25.9 Å². The summed E-state index contributed by atoms with van der Waals surface area (Å²) in [6, 6.07) is 21.7. The average Bonchev–Trinajstić information content (AvgIpc) is 3.49. The van der Waals surface area contributed by atoms with Gasteiger partial charge in [0.25, 0.3) is 5.91 Å². The van der Waals surface area contributed by atoms with Crippen LogP contribution < -0.4 is 15.5 Å². The summed E-state index contributed by atoms with van der Waals surface area (Å²) in [4.78, 5) is 25.8. The molecule has 6 rings (SSSR count). The molecule has 3 heterocycles. The molecule has 0 bridgehead atoms. The SMILES string of the molecule is O=C(Nc1cccc2c(=O)cc(-c3nnn[nH]3)oc12)c1ccc2c(c1)CCC(COCc1ccccc1)O2. The van der Waals surface area contributed by atoms with Gasteiger partial charge >= 0.3 is 0 Å². The summed E-state index contributed by atoms with van der Waals surface area (Å²) in [7, 11) is 0. The predicted octanol–water partition coefficient (Wildman–Crippen LogP) is 4.14. The van der Waals surface area contributed by atoms with Gasteiger partial charge in [0.05, 0.1) is 24.3 Å². The first kappa shape index (κ1) is 23.6. The van der Waals surface area contributed by atoms with Crippen molar-refractivity contribution in [3.8, 4) is 17.3 Å². The number of benzene rings is 3. The van der Waals surface area contributed by atoms with Crippen LogP contribution >= 0.6 is 0 Å². The molecule has 2 N–H and O–H groups in total. The normalized spacial score (nSPS) is 14.6. The second-order valence-corrected chi connectivity index (χ2v) is 8.96. The lowest BCUT2D eigenvalue weighted by molar-refractivity contribution is 0.0316. The van der Waals surface area contributed by atoms with Gasteiger partial charge in [0.2, 0.25) is 5.82 Å². The van der Waals surface area contributed by atoms with E-state index in [4.69, 9.17) is 13.9 Å². The van der Waals surface area contributed by atoms with Crippen molar-refractivity contribution in [2.75, 3.05) is 11.9 Å². The molecule has 2 aromatic heterocycles. The number of carbonyl (C=O) groups excluding carboxylic acids is 1. The number of carbonyl (C=O) groups is 1. The van der Waals surface area contributed by atoms with Crippen LogP contribution in [0.25, 0.3) is 22.6 Å². The van der Waals surface area contributed by atoms with Crippen LogP contribution in [0, 0.1) is 0 Å². The zero-order chi connectivity index (χ0) is 25.9. The molecule has 38 heavy (non-hydrogen) atoms. The molecule has 0 radical (unpaired) electrons. The molecule has 10 heteroatoms. The number of hydrogen-bond acceptors (Lipinski definition) is 8. The van der Waals surface area contributed by atoms with Gasteiger partial charge in [-0.2, -0.15) is 0 Å². The Morgan fingerprint density at radius 1 is 1.08 bits per heavy atom. The van der Waals surface area contributed by atoms with Crippen molar-refractivity contribution in [2.24, 2.45) is 0 Å². The third kappa shape index (κ3) is 4.89. The number of aromatic amines is 1. The van der Waals surface area contributed by atoms with E-state index in [-0.39, 0.29) is 34.6 Å². The van der Waals surface area contributed by atoms with E-state index in [1.165, 1.54) is 6.07 Å². The number of tetrazole rings is 1. The van der Waals surface area contributed by atoms with Gasteiger partial charge in [0.15, 0.2) is 16.8 Å². The Labute approximate surface area is 216 Å². The van der Waals surface area contributed by atoms with Crippen LogP contribution in [0.2, 0.25) is 0 Å². The maximum absolute atomic E-state index is 13.2. The summed E-state index contributed by atoms with van der Waals surface area (Å²) < 4.78 is 17.9. The summed E-state index contributed by atoms with van der Waals surface area (Å²) in [5, 5.41) is 16.6. The molecule has 190 valence electrons. The number of hydrogen-bond donors (Lipinski definition) is 2. The Morgan fingerprint density at radius 2 is 1.97 bits per heavy atom. The Balaban J connectivity index is 1.16. The first-order chi connectivity index (χ1) is 18.6. The number of aromatic nitrogens is 4. The van der Waals surface area contributed by atoms with Crippen molar-refractivity contribution in [2.45, 2.75) is 25.6 Å². The number of amides is 1. The molecular weight excluding hydrogens is 486 g/mol. The van der Waals surface area contributed by atoms with Gasteiger partial charge in [-0.15, -0.1) is 5.10 Å². The Kier molecular flexibility index (Phi) is 6.37. The topological polar surface area (TPSA) is 132 Å². The van der Waals surface area contributed by atoms with E-state index in [1.54, 1.807) is 24.3 Å². The van der Waals surface area contributed by atoms with Crippen LogP contribution in [0.3, 0.4) is 0 Å². The van der Waals surface area contributed by atoms with Crippen molar-refractivity contribution >= 4 is 22.6 Å². The Hall–Kier alpha value is -4.83. The number of H-pyrrole nitrogens is 1. The van der Waals surface area contributed by atoms with E-state index in [0.717, 1.165) is 29.7 Å². The zero-order valence-electron chi connectivity index (χ0n) is 20.2. The second kappa shape index (κ2) is 10.3. The van der Waals surface area contributed by atoms with Crippen molar-refractivity contribution in [1.29, 1.82) is 0 Å². The van der Waals surface area contributed by atoms with Crippen LogP contribution in [0.5, 0.6) is 5.75 Å². The monoisotopic (exact) mass is 509 g/mol. The van der Waals surface area contributed by atoms with Crippen LogP contribution in [-0.2, 0) is 17.8 Å². The van der Waals surface area contributed by atoms with Crippen molar-refractivity contribution in [1.82, 2.24) is 20.6 Å². The molecule has 0 aliphatic carbocycles. The number of aryl methyl sites for hydroxylation is 1. The van der Waals surface area contributed by atoms with Crippen LogP contribution in [0.15, 0.2) is 82.0 Å². The van der Waals surface area contributed by atoms with Gasteiger partial charge in [-0.25, -0.2) is 5.10 Å². The molecule has 1 aliphatic heterocycles. The maximum Gasteiger partial charge on any atom is 0.255 e. The molecule has 0 saturated heterocycles. The quantitative estimate of drug-likeness (QED) is 0.335. The molecule has 0 fully saturated rings. The van der Waals surface area contributed by atoms with Crippen LogP contribution in [0.1, 0.15) is 27.9 Å². The third-order valence-electron chi connectivity index (χ3n) is 6.35. The van der Waals surface area contributed by atoms with Crippen LogP contribution in [0.4, 0.5) is 5.69 Å². The highest BCUT2D eigenvalue weighted by Gasteiger charge is 2.22. The first-order valence-corrected chi connectivity index (χ1v) is 12.2. The molecule has 5 aromatic rings. The molecule has 3 aromatic carbocycles. The van der Waals surface area contributed by atoms with Crippen LogP contribution in [-0.4, -0.2) is 39.2 Å². The van der Waals surface area contributed by atoms with E-state index < -0.39 is 0 Å². The zero-order valence-corrected chi connectivity index (χ0v) is 20.2. The van der Waals surface area contributed by atoms with E-state index in [0.29, 0.717) is 29.9 Å². The molecule has 0 spiro atoms. The summed E-state index contributed by atoms with van der Waals surface area (Å²) in [5.41, 5.74) is 2.88. The van der Waals surface area contributed by atoms with E-state index in [9.17, 15) is 9.59 Å². The van der Waals surface area contributed by atoms with Gasteiger partial charge in [-0.05, 0) is 64.7 Å². The molecule has 1 atom stereocenters. The van der Waals surface area contributed by atoms with Gasteiger partial charge < -0.3 is 19.2 Å². The van der Waals surface area contributed by atoms with Gasteiger partial charge in [0.1, 0.15) is 11.9 Å². The molecule has 10 nitrogen and oxygen atoms in total. The number of nitrogens with zero attached hydrogens (tertiary/aromatic N) is 3. The highest BCUT2D eigenvalue weighted by molar-refractivity contribution is 6.08. The molecule has 0 saturated carbocycles. The van der Waals surface area contributed by atoms with Crippen molar-refractivity contribution < 1.29 is 18.7 Å². The number of para-hydroxylation sites is 1. The lowest BCUT2D eigenvalue weighted by Crippen LogP contribution is -2.28. The number of nitrogens with one attached hydrogen (secondary N) is 2. The third-order valence-corrected chi connectivity index (χ3v) is 6.35. The molecule has 1 unspecified atom stereocenters. The van der Waals surface area contributed by atoms with Crippen molar-refractivity contribution in [3.63, 3.8) is 0 Å². The number of ether oxygens (including phenoxy) is 2. The summed E-state index contributed by atoms with van der Waals surface area (Å²) in [5.74, 6) is 0.802. The summed E-state index contributed by atoms with van der Waals surface area (Å²) in [6.07, 6.45) is 1.52. The van der Waals surface area contributed by atoms with Gasteiger partial charge in [0, 0.05) is 11.6 Å². The van der Waals surface area contributed by atoms with Gasteiger partial charge in [-0.3, -0.25) is 9.59 Å². The second-order valence-electron chi connectivity index (χ2n) is 8.96. The van der Waals surface area contributed by atoms with E-state index >= 15 is 0 Å². The lowest BCUT2D eigenvalue weighted by Gasteiger charge is -2.26. The van der Waals surface area contributed by atoms with Gasteiger partial charge in [-0.1, -0.05) is 36.4 Å². The fraction of sp³-hybridized carbons (Fsp3) is 0.179. The number of fused-ring (bicyclic) bond motifs is 2. The Bertz CT molecular complexity index is 1650. The minimum absolute atomic E-state index is 0.0433. The van der Waals surface area contributed by atoms with E-state index in [1.807, 2.05) is 42.5 Å². The fourth-order valence-electron chi connectivity index (χ4n) is 4.44. The maximum atomic E-state index is 13.2. The average molecular weight is 510 g/mol. The predicted molar refractivity (Wildman–Crippen MR) is 139 cm³/mol. The highest BCUT2D eigenvalue weighted by atomic mass is 16.5. The molecule has 1 aliphatic rings. The van der Waals surface area contributed by atoms with Crippen molar-refractivity contribution in [3.05, 3.63) is 99.7 Å². The minimum Gasteiger partial charge on any atom is -0.488 e. The summed E-state index contributed by atoms with van der Waals surface area (Å²) >= 11 is 0. The lowest BCUT2D eigenvalue weighted by atomic mass is 10.00. The molecule has 1 amide bonds. The smallest absolute Gasteiger partial charge is 0.255 e. The minimum atomic E-state index is -0.331. The summed E-state index contributed by atoms with van der Waals surface area (Å²) in [6.45, 7) is 1.03. The highest BCUT2D eigenvalue weighted by Crippen LogP contribution is 2.30. The standard InChI is InChI=1S/C28H23N5O5/c34-23-14-25(27-30-32-33-31-27)38-26-21(23)7-4-8-22(26)29-28(35)19-10-12-24-18(13-19)9-11-20(37-24)16-36-15-17-5-2-1-3-6-17/h1-8,10,12-14,20H,9,11,15-16H2,(H,29,35)(H,30,31,32,33).